The summed E-state index contributed by atoms with van der Waals surface area (Å²) in [6.45, 7) is 4.96. The summed E-state index contributed by atoms with van der Waals surface area (Å²) in [5.41, 5.74) is 0. The van der Waals surface area contributed by atoms with E-state index in [4.69, 9.17) is 0 Å². The third-order valence-electron chi connectivity index (χ3n) is 2.93. The highest BCUT2D eigenvalue weighted by molar-refractivity contribution is 9.10. The molecule has 1 aliphatic rings. The van der Waals surface area contributed by atoms with Crippen molar-refractivity contribution in [2.75, 3.05) is 18.2 Å². The molecule has 0 bridgehead atoms. The van der Waals surface area contributed by atoms with Gasteiger partial charge >= 0.3 is 0 Å². The zero-order chi connectivity index (χ0) is 14.6. The van der Waals surface area contributed by atoms with Crippen LogP contribution < -0.4 is 10.6 Å². The van der Waals surface area contributed by atoms with E-state index in [2.05, 4.69) is 52.5 Å². The fourth-order valence-electron chi connectivity index (χ4n) is 1.84. The van der Waals surface area contributed by atoms with E-state index in [1.807, 2.05) is 12.1 Å². The second kappa shape index (κ2) is 7.20. The number of rotatable bonds is 5. The monoisotopic (exact) mass is 374 g/mol. The minimum atomic E-state index is -0.0338. The third-order valence-corrected chi connectivity index (χ3v) is 5.60. The van der Waals surface area contributed by atoms with Gasteiger partial charge in [-0.2, -0.15) is 0 Å². The lowest BCUT2D eigenvalue weighted by atomic mass is 10.2. The molecule has 0 radical (unpaired) electrons. The number of nitrogens with one attached hydrogen (secondary N) is 2. The van der Waals surface area contributed by atoms with Crippen LogP contribution in [0.2, 0.25) is 0 Å². The molecule has 2 N–H and O–H groups in total. The van der Waals surface area contributed by atoms with Gasteiger partial charge in [-0.15, -0.1) is 23.5 Å². The van der Waals surface area contributed by atoms with Gasteiger partial charge in [-0.1, -0.05) is 15.9 Å². The molecule has 1 aromatic carbocycles. The molecule has 1 unspecified atom stereocenters. The molecule has 0 spiro atoms. The molecule has 1 atom stereocenters. The Labute approximate surface area is 137 Å². The van der Waals surface area contributed by atoms with Crippen LogP contribution in [0.15, 0.2) is 33.6 Å². The maximum Gasteiger partial charge on any atom is 0.238 e. The molecule has 0 aliphatic carbocycles. The largest absolute Gasteiger partial charge is 0.353 e. The molecule has 1 fully saturated rings. The van der Waals surface area contributed by atoms with Crippen LogP contribution in [0.3, 0.4) is 0 Å². The van der Waals surface area contributed by atoms with Gasteiger partial charge in [0, 0.05) is 32.3 Å². The van der Waals surface area contributed by atoms with Crippen LogP contribution in [0.5, 0.6) is 0 Å². The van der Waals surface area contributed by atoms with Crippen molar-refractivity contribution < 1.29 is 4.79 Å². The Hall–Kier alpha value is -0.170. The lowest BCUT2D eigenvalue weighted by Gasteiger charge is -2.25. The standard InChI is InChI=1S/C14H19BrN2OS2/c1-14(2,20-11-5-3-10(15)4-6-11)8-16-13(18)12-7-19-9-17-12/h3-6,12,17H,7-9H2,1-2H3,(H,16,18). The van der Waals surface area contributed by atoms with Crippen LogP contribution in [0.1, 0.15) is 13.8 Å². The summed E-state index contributed by atoms with van der Waals surface area (Å²) in [5, 5.41) is 6.24. The first-order valence-electron chi connectivity index (χ1n) is 6.50. The third kappa shape index (κ3) is 4.98. The molecular weight excluding hydrogens is 356 g/mol. The number of amides is 1. The van der Waals surface area contributed by atoms with E-state index in [1.165, 1.54) is 4.90 Å². The van der Waals surface area contributed by atoms with Gasteiger partial charge in [-0.3, -0.25) is 10.1 Å². The van der Waals surface area contributed by atoms with Crippen LogP contribution in [0.4, 0.5) is 0 Å². The summed E-state index contributed by atoms with van der Waals surface area (Å²) in [6, 6.07) is 8.22. The first-order chi connectivity index (χ1) is 9.46. The van der Waals surface area contributed by atoms with Crippen LogP contribution in [-0.2, 0) is 4.79 Å². The highest BCUT2D eigenvalue weighted by atomic mass is 79.9. The summed E-state index contributed by atoms with van der Waals surface area (Å²) in [7, 11) is 0. The van der Waals surface area contributed by atoms with E-state index in [0.29, 0.717) is 6.54 Å². The molecule has 1 saturated heterocycles. The number of carbonyl (C=O) groups is 1. The highest BCUT2D eigenvalue weighted by Gasteiger charge is 2.25. The van der Waals surface area contributed by atoms with Crippen molar-refractivity contribution in [2.45, 2.75) is 29.5 Å². The van der Waals surface area contributed by atoms with Crippen molar-refractivity contribution >= 4 is 45.4 Å². The average Bonchev–Trinajstić information content (AvgIpc) is 2.93. The maximum atomic E-state index is 12.0. The highest BCUT2D eigenvalue weighted by Crippen LogP contribution is 2.32. The maximum absolute atomic E-state index is 12.0. The number of hydrogen-bond acceptors (Lipinski definition) is 4. The van der Waals surface area contributed by atoms with Crippen molar-refractivity contribution in [1.82, 2.24) is 10.6 Å². The molecule has 3 nitrogen and oxygen atoms in total. The van der Waals surface area contributed by atoms with E-state index in [0.717, 1.165) is 16.1 Å². The van der Waals surface area contributed by atoms with Gasteiger partial charge in [0.05, 0.1) is 6.04 Å². The zero-order valence-corrected chi connectivity index (χ0v) is 14.8. The fourth-order valence-corrected chi connectivity index (χ4v) is 4.11. The Kier molecular flexibility index (Phi) is 5.84. The molecule has 0 aromatic heterocycles. The topological polar surface area (TPSA) is 41.1 Å². The summed E-state index contributed by atoms with van der Waals surface area (Å²) < 4.78 is 1.05. The van der Waals surface area contributed by atoms with Crippen molar-refractivity contribution in [3.05, 3.63) is 28.7 Å². The van der Waals surface area contributed by atoms with E-state index < -0.39 is 0 Å². The molecule has 1 heterocycles. The second-order valence-electron chi connectivity index (χ2n) is 5.31. The number of thioether (sulfide) groups is 2. The van der Waals surface area contributed by atoms with E-state index in [1.54, 1.807) is 23.5 Å². The molecule has 1 aliphatic heterocycles. The molecule has 1 aromatic rings. The number of carbonyl (C=O) groups excluding carboxylic acids is 1. The van der Waals surface area contributed by atoms with Gasteiger partial charge in [0.25, 0.3) is 0 Å². The fraction of sp³-hybridized carbons (Fsp3) is 0.500. The Morgan fingerprint density at radius 2 is 2.20 bits per heavy atom. The molecule has 2 rings (SSSR count). The quantitative estimate of drug-likeness (QED) is 0.776. The van der Waals surface area contributed by atoms with Gasteiger partial charge < -0.3 is 5.32 Å². The zero-order valence-electron chi connectivity index (χ0n) is 11.6. The van der Waals surface area contributed by atoms with E-state index in [-0.39, 0.29) is 16.7 Å². The van der Waals surface area contributed by atoms with Crippen LogP contribution >= 0.6 is 39.5 Å². The first-order valence-corrected chi connectivity index (χ1v) is 9.26. The van der Waals surface area contributed by atoms with Gasteiger partial charge in [0.1, 0.15) is 0 Å². The van der Waals surface area contributed by atoms with Crippen LogP contribution in [0.25, 0.3) is 0 Å². The SMILES string of the molecule is CC(C)(CNC(=O)C1CSCN1)Sc1ccc(Br)cc1. The average molecular weight is 375 g/mol. The Balaban J connectivity index is 1.83. The van der Waals surface area contributed by atoms with Crippen molar-refractivity contribution in [2.24, 2.45) is 0 Å². The molecular formula is C14H19BrN2OS2. The minimum absolute atomic E-state index is 0.0325. The number of halogens is 1. The van der Waals surface area contributed by atoms with Gasteiger partial charge in [0.2, 0.25) is 5.91 Å². The summed E-state index contributed by atoms with van der Waals surface area (Å²) in [6.07, 6.45) is 0. The Bertz CT molecular complexity index is 459. The summed E-state index contributed by atoms with van der Waals surface area (Å²) in [5.74, 6) is 1.85. The minimum Gasteiger partial charge on any atom is -0.353 e. The van der Waals surface area contributed by atoms with Gasteiger partial charge in [-0.05, 0) is 38.1 Å². The lowest BCUT2D eigenvalue weighted by molar-refractivity contribution is -0.122. The number of hydrogen-bond donors (Lipinski definition) is 2. The predicted molar refractivity (Wildman–Crippen MR) is 91.3 cm³/mol. The van der Waals surface area contributed by atoms with Crippen molar-refractivity contribution in [3.63, 3.8) is 0 Å². The van der Waals surface area contributed by atoms with Crippen molar-refractivity contribution in [3.8, 4) is 0 Å². The normalized spacial score (nSPS) is 19.1. The Morgan fingerprint density at radius 3 is 2.80 bits per heavy atom. The summed E-state index contributed by atoms with van der Waals surface area (Å²) in [4.78, 5) is 13.2. The Morgan fingerprint density at radius 1 is 1.50 bits per heavy atom. The van der Waals surface area contributed by atoms with E-state index >= 15 is 0 Å². The van der Waals surface area contributed by atoms with Crippen LogP contribution in [-0.4, -0.2) is 34.9 Å². The van der Waals surface area contributed by atoms with Crippen LogP contribution in [0, 0.1) is 0 Å². The first kappa shape index (κ1) is 16.2. The number of benzene rings is 1. The second-order valence-corrected chi connectivity index (χ2v) is 9.03. The smallest absolute Gasteiger partial charge is 0.238 e. The van der Waals surface area contributed by atoms with Gasteiger partial charge in [0.15, 0.2) is 0 Å². The van der Waals surface area contributed by atoms with Gasteiger partial charge in [-0.25, -0.2) is 0 Å². The van der Waals surface area contributed by atoms with Crippen molar-refractivity contribution in [1.29, 1.82) is 0 Å². The molecule has 0 saturated carbocycles. The molecule has 20 heavy (non-hydrogen) atoms. The molecule has 110 valence electrons. The molecule has 1 amide bonds. The predicted octanol–water partition coefficient (Wildman–Crippen LogP) is 3.10. The molecule has 6 heteroatoms. The lowest BCUT2D eigenvalue weighted by Crippen LogP contribution is -2.46. The summed E-state index contributed by atoms with van der Waals surface area (Å²) >= 11 is 6.98. The van der Waals surface area contributed by atoms with E-state index in [9.17, 15) is 4.79 Å².